The molecule has 2 aromatic carbocycles. The average Bonchev–Trinajstić information content (AvgIpc) is 3.14. The van der Waals surface area contributed by atoms with Gasteiger partial charge in [-0.3, -0.25) is 4.52 Å². The number of nitrogens with two attached hydrogens (primary N) is 1. The second kappa shape index (κ2) is 12.0. The van der Waals surface area contributed by atoms with E-state index in [1.165, 1.54) is 62.8 Å². The number of hydrogen-bond donors (Lipinski definition) is 3. The molecular formula is C24H26F4N3O8PS. The predicted octanol–water partition coefficient (Wildman–Crippen LogP) is 3.22. The fourth-order valence-electron chi connectivity index (χ4n) is 3.88. The molecule has 41 heavy (non-hydrogen) atoms. The Morgan fingerprint density at radius 1 is 1.00 bits per heavy atom. The van der Waals surface area contributed by atoms with Crippen LogP contribution in [0.5, 0.6) is 23.0 Å². The normalized spacial score (nSPS) is 25.6. The number of halogens is 4. The second-order valence-corrected chi connectivity index (χ2v) is 11.5. The smallest absolute Gasteiger partial charge is 0.435 e. The maximum absolute atomic E-state index is 15.5. The Morgan fingerprint density at radius 3 is 1.93 bits per heavy atom. The molecule has 2 aliphatic rings. The van der Waals surface area contributed by atoms with Gasteiger partial charge in [-0.2, -0.15) is 8.78 Å². The summed E-state index contributed by atoms with van der Waals surface area (Å²) in [6, 6.07) is 11.7. The third kappa shape index (κ3) is 6.22. The van der Waals surface area contributed by atoms with Crippen molar-refractivity contribution in [1.29, 1.82) is 0 Å². The first kappa shape index (κ1) is 30.8. The molecule has 0 aromatic heterocycles. The van der Waals surface area contributed by atoms with Crippen molar-refractivity contribution in [3.63, 3.8) is 0 Å². The van der Waals surface area contributed by atoms with Crippen LogP contribution in [0.4, 0.5) is 17.6 Å². The van der Waals surface area contributed by atoms with E-state index < -0.39 is 50.0 Å². The van der Waals surface area contributed by atoms with Gasteiger partial charge in [-0.05, 0) is 54.6 Å². The molecule has 0 radical (unpaired) electrons. The van der Waals surface area contributed by atoms with E-state index in [1.807, 2.05) is 0 Å². The summed E-state index contributed by atoms with van der Waals surface area (Å²) in [6.07, 6.45) is -8.76. The molecule has 0 saturated carbocycles. The molecule has 2 aliphatic heterocycles. The number of hydrogen-bond acceptors (Lipinski definition) is 12. The van der Waals surface area contributed by atoms with Gasteiger partial charge in [0, 0.05) is 18.0 Å². The highest BCUT2D eigenvalue weighted by molar-refractivity contribution is 8.07. The number of aliphatic hydroxyl groups excluding tert-OH is 2. The monoisotopic (exact) mass is 623 g/mol. The highest BCUT2D eigenvalue weighted by atomic mass is 32.5. The van der Waals surface area contributed by atoms with Gasteiger partial charge in [0.05, 0.1) is 20.8 Å². The van der Waals surface area contributed by atoms with E-state index in [9.17, 15) is 19.0 Å². The summed E-state index contributed by atoms with van der Waals surface area (Å²) in [6.45, 7) is -5.76. The minimum Gasteiger partial charge on any atom is -0.497 e. The predicted molar refractivity (Wildman–Crippen MR) is 141 cm³/mol. The zero-order valence-electron chi connectivity index (χ0n) is 21.5. The van der Waals surface area contributed by atoms with Crippen LogP contribution in [0.25, 0.3) is 0 Å². The summed E-state index contributed by atoms with van der Waals surface area (Å²) in [7, 11) is 2.87. The lowest BCUT2D eigenvalue weighted by atomic mass is 9.95. The van der Waals surface area contributed by atoms with Crippen molar-refractivity contribution in [2.45, 2.75) is 36.6 Å². The van der Waals surface area contributed by atoms with Crippen LogP contribution in [0.1, 0.15) is 0 Å². The number of ether oxygens (including phenoxy) is 3. The van der Waals surface area contributed by atoms with Crippen LogP contribution in [0.2, 0.25) is 0 Å². The van der Waals surface area contributed by atoms with Crippen molar-refractivity contribution >= 4 is 24.4 Å². The maximum Gasteiger partial charge on any atom is 0.435 e. The van der Waals surface area contributed by atoms with Gasteiger partial charge in [0.25, 0.3) is 6.43 Å². The summed E-state index contributed by atoms with van der Waals surface area (Å²) < 4.78 is 92.0. The van der Waals surface area contributed by atoms with Gasteiger partial charge < -0.3 is 44.1 Å². The number of amidine groups is 1. The molecule has 0 bridgehead atoms. The standard InChI is InChI=1S/C24H26F4N3O8PS/c1-34-14-3-7-16(8-4-14)38-40(41,39-17-9-5-15(35-2)6-10-17)36-13-23(21(25)26)24(27,28)19(32)20(37-23)31-12-11-18(29)30-22(31)33/h3-12,19-22,32-33H,13H2,1-2H3,(H2,29,30). The third-order valence-corrected chi connectivity index (χ3v) is 8.20. The Labute approximate surface area is 236 Å². The molecule has 1 saturated heterocycles. The Morgan fingerprint density at radius 2 is 1.49 bits per heavy atom. The summed E-state index contributed by atoms with van der Waals surface area (Å²) in [5, 5.41) is 20.5. The van der Waals surface area contributed by atoms with Crippen molar-refractivity contribution in [3.05, 3.63) is 60.8 Å². The van der Waals surface area contributed by atoms with E-state index in [0.717, 1.165) is 12.3 Å². The lowest BCUT2D eigenvalue weighted by molar-refractivity contribution is -0.246. The first-order chi connectivity index (χ1) is 19.3. The first-order valence-corrected chi connectivity index (χ1v) is 14.3. The number of alkyl halides is 4. The minimum atomic E-state index is -4.62. The van der Waals surface area contributed by atoms with Crippen molar-refractivity contribution in [3.8, 4) is 23.0 Å². The highest BCUT2D eigenvalue weighted by Crippen LogP contribution is 2.55. The van der Waals surface area contributed by atoms with E-state index in [1.54, 1.807) is 0 Å². The van der Waals surface area contributed by atoms with Crippen molar-refractivity contribution in [1.82, 2.24) is 4.90 Å². The van der Waals surface area contributed by atoms with Gasteiger partial charge >= 0.3 is 12.6 Å². The topological polar surface area (TPSA) is 137 Å². The molecule has 0 aliphatic carbocycles. The molecule has 0 spiro atoms. The minimum absolute atomic E-state index is 0.0581. The van der Waals surface area contributed by atoms with Crippen molar-refractivity contribution in [2.75, 3.05) is 20.8 Å². The molecule has 0 amide bonds. The van der Waals surface area contributed by atoms with Gasteiger partial charge in [0.2, 0.25) is 12.0 Å². The van der Waals surface area contributed by atoms with Crippen LogP contribution in [0.3, 0.4) is 0 Å². The van der Waals surface area contributed by atoms with Crippen LogP contribution in [-0.4, -0.2) is 78.4 Å². The molecule has 224 valence electrons. The molecule has 17 heteroatoms. The fraction of sp³-hybridized carbons (Fsp3) is 0.375. The largest absolute Gasteiger partial charge is 0.497 e. The molecule has 4 N–H and O–H groups in total. The molecule has 2 heterocycles. The Kier molecular flexibility index (Phi) is 9.01. The lowest BCUT2D eigenvalue weighted by Gasteiger charge is -2.35. The van der Waals surface area contributed by atoms with Crippen molar-refractivity contribution < 1.29 is 55.6 Å². The molecule has 4 unspecified atom stereocenters. The van der Waals surface area contributed by atoms with Crippen LogP contribution in [0, 0.1) is 0 Å². The molecule has 4 rings (SSSR count). The first-order valence-electron chi connectivity index (χ1n) is 11.7. The maximum atomic E-state index is 15.5. The number of aliphatic hydroxyl groups is 2. The number of benzene rings is 2. The van der Waals surface area contributed by atoms with E-state index in [2.05, 4.69) is 4.99 Å². The van der Waals surface area contributed by atoms with Gasteiger partial charge in [-0.15, -0.1) is 0 Å². The zero-order chi connectivity index (χ0) is 30.0. The fourth-order valence-corrected chi connectivity index (χ4v) is 5.81. The summed E-state index contributed by atoms with van der Waals surface area (Å²) in [5.41, 5.74) is 1.72. The number of rotatable bonds is 11. The van der Waals surface area contributed by atoms with E-state index in [-0.39, 0.29) is 17.3 Å². The van der Waals surface area contributed by atoms with Crippen molar-refractivity contribution in [2.24, 2.45) is 10.7 Å². The zero-order valence-corrected chi connectivity index (χ0v) is 23.2. The van der Waals surface area contributed by atoms with Gasteiger partial charge in [0.1, 0.15) is 28.8 Å². The van der Waals surface area contributed by atoms with E-state index in [4.69, 9.17) is 45.3 Å². The number of aliphatic imine (C=N–C) groups is 1. The summed E-state index contributed by atoms with van der Waals surface area (Å²) >= 11 is 5.43. The van der Waals surface area contributed by atoms with E-state index in [0.29, 0.717) is 16.4 Å². The molecular weight excluding hydrogens is 597 g/mol. The van der Waals surface area contributed by atoms with Crippen LogP contribution >= 0.6 is 6.72 Å². The SMILES string of the molecule is COc1ccc(OP(=S)(OCC2(C(F)F)OC(N3C=CC(N)=NC3O)C(O)C2(F)F)Oc2ccc(OC)cc2)cc1. The van der Waals surface area contributed by atoms with Gasteiger partial charge in [-0.25, -0.2) is 13.8 Å². The summed E-state index contributed by atoms with van der Waals surface area (Å²) in [4.78, 5) is 4.16. The quantitative estimate of drug-likeness (QED) is 0.251. The van der Waals surface area contributed by atoms with Gasteiger partial charge in [-0.1, -0.05) is 0 Å². The van der Waals surface area contributed by atoms with Crippen LogP contribution in [-0.2, 0) is 21.1 Å². The van der Waals surface area contributed by atoms with E-state index >= 15 is 8.78 Å². The lowest BCUT2D eigenvalue weighted by Crippen LogP contribution is -2.57. The third-order valence-electron chi connectivity index (χ3n) is 6.12. The Bertz CT molecular complexity index is 1270. The highest BCUT2D eigenvalue weighted by Gasteiger charge is 2.74. The number of nitrogens with zero attached hydrogens (tertiary/aromatic N) is 2. The molecule has 11 nitrogen and oxygen atoms in total. The number of methoxy groups -OCH3 is 2. The second-order valence-electron chi connectivity index (χ2n) is 8.68. The average molecular weight is 624 g/mol. The Hall–Kier alpha value is -3.14. The molecule has 2 aromatic rings. The molecule has 4 atom stereocenters. The Balaban J connectivity index is 1.64. The van der Waals surface area contributed by atoms with Crippen LogP contribution < -0.4 is 24.3 Å². The summed E-state index contributed by atoms with van der Waals surface area (Å²) in [5.74, 6) is -3.75. The van der Waals surface area contributed by atoms with Gasteiger partial charge in [0.15, 0.2) is 12.3 Å². The molecule has 1 fully saturated rings. The van der Waals surface area contributed by atoms with Crippen LogP contribution in [0.15, 0.2) is 65.8 Å².